The van der Waals surface area contributed by atoms with Crippen LogP contribution in [0, 0.1) is 11.3 Å². The molecule has 0 aromatic rings. The number of hydrogen-bond donors (Lipinski definition) is 1. The van der Waals surface area contributed by atoms with Crippen molar-refractivity contribution in [1.82, 2.24) is 9.80 Å². The third kappa shape index (κ3) is 3.52. The summed E-state index contributed by atoms with van der Waals surface area (Å²) < 4.78 is 5.12. The second-order valence-corrected chi connectivity index (χ2v) is 7.77. The highest BCUT2D eigenvalue weighted by Gasteiger charge is 2.46. The number of methoxy groups -OCH3 is 1. The maximum Gasteiger partial charge on any atom is 0.313 e. The van der Waals surface area contributed by atoms with Crippen molar-refractivity contribution < 1.29 is 24.2 Å². The molecular formula is C18H28N2O5. The first-order valence-corrected chi connectivity index (χ1v) is 9.27. The van der Waals surface area contributed by atoms with Crippen LogP contribution in [-0.4, -0.2) is 72.1 Å². The first kappa shape index (κ1) is 18.2. The molecule has 0 bridgehead atoms. The minimum absolute atomic E-state index is 0.0728. The van der Waals surface area contributed by atoms with Crippen molar-refractivity contribution in [3.8, 4) is 0 Å². The highest BCUT2D eigenvalue weighted by Crippen LogP contribution is 2.34. The molecule has 2 amide bonds. The number of ether oxygens (including phenoxy) is 1. The van der Waals surface area contributed by atoms with Crippen molar-refractivity contribution in [2.45, 2.75) is 51.0 Å². The molecule has 2 aliphatic heterocycles. The topological polar surface area (TPSA) is 87.1 Å². The number of carboxylic acid groups (broad SMARTS) is 1. The van der Waals surface area contributed by atoms with E-state index in [0.717, 1.165) is 25.7 Å². The Morgan fingerprint density at radius 1 is 1.28 bits per heavy atom. The third-order valence-corrected chi connectivity index (χ3v) is 6.04. The number of carbonyl (C=O) groups is 3. The summed E-state index contributed by atoms with van der Waals surface area (Å²) in [5, 5.41) is 9.63. The summed E-state index contributed by atoms with van der Waals surface area (Å²) in [6, 6.07) is 0.290. The number of rotatable bonds is 5. The lowest BCUT2D eigenvalue weighted by Crippen LogP contribution is -2.53. The molecule has 1 aliphatic carbocycles. The molecule has 2 atom stereocenters. The highest BCUT2D eigenvalue weighted by atomic mass is 16.5. The van der Waals surface area contributed by atoms with Gasteiger partial charge < -0.3 is 19.6 Å². The number of aliphatic carboxylic acids is 1. The molecule has 0 spiro atoms. The van der Waals surface area contributed by atoms with Gasteiger partial charge in [0.1, 0.15) is 5.41 Å². The minimum Gasteiger partial charge on any atom is -0.481 e. The fourth-order valence-electron chi connectivity index (χ4n) is 4.67. The van der Waals surface area contributed by atoms with Crippen LogP contribution in [0.2, 0.25) is 0 Å². The molecule has 3 fully saturated rings. The van der Waals surface area contributed by atoms with Crippen molar-refractivity contribution in [2.24, 2.45) is 11.3 Å². The molecule has 0 aromatic heterocycles. The van der Waals surface area contributed by atoms with Crippen molar-refractivity contribution in [2.75, 3.05) is 33.4 Å². The molecule has 1 N–H and O–H groups in total. The Balaban J connectivity index is 1.66. The van der Waals surface area contributed by atoms with E-state index in [1.54, 1.807) is 4.90 Å². The smallest absolute Gasteiger partial charge is 0.313 e. The minimum atomic E-state index is -1.03. The summed E-state index contributed by atoms with van der Waals surface area (Å²) in [7, 11) is 1.49. The number of carboxylic acids is 1. The second kappa shape index (κ2) is 7.32. The molecule has 3 rings (SSSR count). The molecule has 1 saturated carbocycles. The van der Waals surface area contributed by atoms with E-state index < -0.39 is 11.4 Å². The number of carbonyl (C=O) groups excluding carboxylic acids is 2. The van der Waals surface area contributed by atoms with Crippen LogP contribution in [-0.2, 0) is 19.1 Å². The monoisotopic (exact) mass is 352 g/mol. The summed E-state index contributed by atoms with van der Waals surface area (Å²) in [5.74, 6) is -1.25. The van der Waals surface area contributed by atoms with Gasteiger partial charge in [-0.15, -0.1) is 0 Å². The first-order valence-electron chi connectivity index (χ1n) is 9.27. The number of amides is 2. The lowest BCUT2D eigenvalue weighted by molar-refractivity contribution is -0.160. The molecule has 140 valence electrons. The Hall–Kier alpha value is -1.63. The molecule has 7 nitrogen and oxygen atoms in total. The van der Waals surface area contributed by atoms with Gasteiger partial charge in [0.2, 0.25) is 11.8 Å². The lowest BCUT2D eigenvalue weighted by Gasteiger charge is -2.40. The van der Waals surface area contributed by atoms with Crippen LogP contribution in [0.1, 0.15) is 44.9 Å². The van der Waals surface area contributed by atoms with E-state index in [0.29, 0.717) is 32.0 Å². The molecule has 2 unspecified atom stereocenters. The van der Waals surface area contributed by atoms with E-state index in [-0.39, 0.29) is 37.3 Å². The maximum absolute atomic E-state index is 12.9. The Bertz CT molecular complexity index is 542. The molecule has 0 aromatic carbocycles. The van der Waals surface area contributed by atoms with E-state index in [9.17, 15) is 19.5 Å². The normalized spacial score (nSPS) is 30.9. The Morgan fingerprint density at radius 2 is 2.00 bits per heavy atom. The fourth-order valence-corrected chi connectivity index (χ4v) is 4.67. The molecule has 2 heterocycles. The van der Waals surface area contributed by atoms with Gasteiger partial charge in [-0.05, 0) is 25.7 Å². The van der Waals surface area contributed by atoms with Gasteiger partial charge in [0, 0.05) is 39.2 Å². The van der Waals surface area contributed by atoms with Gasteiger partial charge >= 0.3 is 5.97 Å². The zero-order chi connectivity index (χ0) is 18.0. The van der Waals surface area contributed by atoms with E-state index in [4.69, 9.17) is 4.74 Å². The zero-order valence-electron chi connectivity index (χ0n) is 14.9. The largest absolute Gasteiger partial charge is 0.481 e. The van der Waals surface area contributed by atoms with Crippen LogP contribution < -0.4 is 0 Å². The lowest BCUT2D eigenvalue weighted by atomic mass is 9.80. The van der Waals surface area contributed by atoms with Crippen LogP contribution in [0.3, 0.4) is 0 Å². The van der Waals surface area contributed by atoms with Gasteiger partial charge in [-0.3, -0.25) is 14.4 Å². The summed E-state index contributed by atoms with van der Waals surface area (Å²) in [6.07, 6.45) is 5.79. The van der Waals surface area contributed by atoms with Crippen molar-refractivity contribution in [3.63, 3.8) is 0 Å². The average molecular weight is 352 g/mol. The van der Waals surface area contributed by atoms with Gasteiger partial charge in [0.25, 0.3) is 0 Å². The number of likely N-dealkylation sites (tertiary alicyclic amines) is 2. The molecular weight excluding hydrogens is 324 g/mol. The Kier molecular flexibility index (Phi) is 5.32. The zero-order valence-corrected chi connectivity index (χ0v) is 14.9. The van der Waals surface area contributed by atoms with E-state index >= 15 is 0 Å². The van der Waals surface area contributed by atoms with Gasteiger partial charge in [-0.25, -0.2) is 0 Å². The van der Waals surface area contributed by atoms with Crippen LogP contribution in [0.25, 0.3) is 0 Å². The standard InChI is InChI=1S/C18H28N2O5/c1-25-12-18(17(23)24)7-4-8-19(11-18)16(22)13-9-15(21)20(10-13)14-5-2-3-6-14/h13-14H,2-12H2,1H3,(H,23,24). The number of piperidine rings is 1. The molecule has 25 heavy (non-hydrogen) atoms. The van der Waals surface area contributed by atoms with E-state index in [2.05, 4.69) is 0 Å². The number of hydrogen-bond acceptors (Lipinski definition) is 4. The maximum atomic E-state index is 12.9. The van der Waals surface area contributed by atoms with E-state index in [1.807, 2.05) is 4.90 Å². The highest BCUT2D eigenvalue weighted by molar-refractivity contribution is 5.90. The van der Waals surface area contributed by atoms with Crippen LogP contribution >= 0.6 is 0 Å². The van der Waals surface area contributed by atoms with Gasteiger partial charge in [0.15, 0.2) is 0 Å². The van der Waals surface area contributed by atoms with Gasteiger partial charge in [-0.1, -0.05) is 12.8 Å². The Morgan fingerprint density at radius 3 is 2.64 bits per heavy atom. The third-order valence-electron chi connectivity index (χ3n) is 6.04. The van der Waals surface area contributed by atoms with Crippen LogP contribution in [0.5, 0.6) is 0 Å². The summed E-state index contributed by atoms with van der Waals surface area (Å²) in [6.45, 7) is 1.32. The number of nitrogens with zero attached hydrogens (tertiary/aromatic N) is 2. The predicted octanol–water partition coefficient (Wildman–Crippen LogP) is 1.12. The van der Waals surface area contributed by atoms with Crippen LogP contribution in [0.4, 0.5) is 0 Å². The SMILES string of the molecule is COCC1(C(=O)O)CCCN(C(=O)C2CC(=O)N(C3CCCC3)C2)C1. The molecule has 3 aliphatic rings. The average Bonchev–Trinajstić information content (AvgIpc) is 3.23. The molecule has 7 heteroatoms. The quantitative estimate of drug-likeness (QED) is 0.801. The van der Waals surface area contributed by atoms with Gasteiger partial charge in [0.05, 0.1) is 12.5 Å². The van der Waals surface area contributed by atoms with E-state index in [1.165, 1.54) is 7.11 Å². The van der Waals surface area contributed by atoms with Gasteiger partial charge in [-0.2, -0.15) is 0 Å². The Labute approximate surface area is 148 Å². The van der Waals surface area contributed by atoms with Crippen molar-refractivity contribution in [3.05, 3.63) is 0 Å². The van der Waals surface area contributed by atoms with Crippen molar-refractivity contribution >= 4 is 17.8 Å². The predicted molar refractivity (Wildman–Crippen MR) is 89.8 cm³/mol. The first-order chi connectivity index (χ1) is 12.0. The summed E-state index contributed by atoms with van der Waals surface area (Å²) in [5.41, 5.74) is -1.03. The second-order valence-electron chi connectivity index (χ2n) is 7.77. The van der Waals surface area contributed by atoms with Crippen LogP contribution in [0.15, 0.2) is 0 Å². The van der Waals surface area contributed by atoms with Crippen molar-refractivity contribution in [1.29, 1.82) is 0 Å². The fraction of sp³-hybridized carbons (Fsp3) is 0.833. The summed E-state index contributed by atoms with van der Waals surface area (Å²) in [4.78, 5) is 40.6. The molecule has 0 radical (unpaired) electrons. The molecule has 2 saturated heterocycles. The summed E-state index contributed by atoms with van der Waals surface area (Å²) >= 11 is 0.